The Hall–Kier alpha value is -2.22. The lowest BCUT2D eigenvalue weighted by atomic mass is 9.90. The summed E-state index contributed by atoms with van der Waals surface area (Å²) < 4.78 is 4.28. The molecule has 0 bridgehead atoms. The van der Waals surface area contributed by atoms with Crippen LogP contribution in [0.4, 0.5) is 11.1 Å². The van der Waals surface area contributed by atoms with Gasteiger partial charge < -0.3 is 14.9 Å². The molecule has 0 saturated carbocycles. The van der Waals surface area contributed by atoms with E-state index in [0.717, 1.165) is 10.7 Å². The number of hydrogen-bond donors (Lipinski definition) is 1. The van der Waals surface area contributed by atoms with Crippen molar-refractivity contribution in [3.8, 4) is 0 Å². The lowest BCUT2D eigenvalue weighted by molar-refractivity contribution is -0.141. The van der Waals surface area contributed by atoms with Crippen LogP contribution in [0.15, 0.2) is 24.5 Å². The molecule has 0 aliphatic carbocycles. The van der Waals surface area contributed by atoms with Gasteiger partial charge in [-0.15, -0.1) is 0 Å². The SMILES string of the molecule is CN(C)c1nsc(N2C[C@H](C(=O)O)[C@@H](c3cccnc3)C2)n1. The second-order valence-electron chi connectivity index (χ2n) is 5.51. The summed E-state index contributed by atoms with van der Waals surface area (Å²) in [5.41, 5.74) is 0.953. The van der Waals surface area contributed by atoms with E-state index in [1.54, 1.807) is 12.4 Å². The van der Waals surface area contributed by atoms with Crippen LogP contribution in [-0.4, -0.2) is 52.6 Å². The molecule has 2 atom stereocenters. The molecular formula is C14H17N5O2S. The molecule has 2 aromatic heterocycles. The van der Waals surface area contributed by atoms with E-state index in [1.807, 2.05) is 36.0 Å². The van der Waals surface area contributed by atoms with Crippen molar-refractivity contribution in [3.05, 3.63) is 30.1 Å². The standard InChI is InChI=1S/C14H17N5O2S/c1-18(2)13-16-14(22-17-13)19-7-10(11(8-19)12(20)21)9-4-3-5-15-6-9/h3-6,10-11H,7-8H2,1-2H3,(H,20,21)/t10-,11+/m1/s1. The maximum atomic E-state index is 11.6. The second kappa shape index (κ2) is 5.88. The van der Waals surface area contributed by atoms with Gasteiger partial charge in [-0.2, -0.15) is 9.36 Å². The summed E-state index contributed by atoms with van der Waals surface area (Å²) in [4.78, 5) is 24.0. The van der Waals surface area contributed by atoms with Crippen LogP contribution in [-0.2, 0) is 4.79 Å². The van der Waals surface area contributed by atoms with Gasteiger partial charge in [0.15, 0.2) is 0 Å². The van der Waals surface area contributed by atoms with Crippen LogP contribution in [0.25, 0.3) is 0 Å². The summed E-state index contributed by atoms with van der Waals surface area (Å²) in [5, 5.41) is 10.3. The van der Waals surface area contributed by atoms with Gasteiger partial charge in [-0.3, -0.25) is 9.78 Å². The van der Waals surface area contributed by atoms with Crippen molar-refractivity contribution in [3.63, 3.8) is 0 Å². The van der Waals surface area contributed by atoms with E-state index in [-0.39, 0.29) is 5.92 Å². The van der Waals surface area contributed by atoms with Gasteiger partial charge in [0.2, 0.25) is 11.1 Å². The van der Waals surface area contributed by atoms with Gasteiger partial charge in [0.05, 0.1) is 5.92 Å². The topological polar surface area (TPSA) is 82.5 Å². The Morgan fingerprint density at radius 2 is 2.27 bits per heavy atom. The Kier molecular flexibility index (Phi) is 3.93. The summed E-state index contributed by atoms with van der Waals surface area (Å²) in [6, 6.07) is 3.77. The molecule has 0 unspecified atom stereocenters. The molecule has 2 aromatic rings. The second-order valence-corrected chi connectivity index (χ2v) is 6.24. The molecule has 0 radical (unpaired) electrons. The molecule has 3 heterocycles. The van der Waals surface area contributed by atoms with Gasteiger partial charge in [0, 0.05) is 57.0 Å². The first kappa shape index (κ1) is 14.7. The highest BCUT2D eigenvalue weighted by Gasteiger charge is 2.39. The van der Waals surface area contributed by atoms with Gasteiger partial charge in [0.1, 0.15) is 0 Å². The molecule has 8 heteroatoms. The van der Waals surface area contributed by atoms with Crippen LogP contribution in [0.2, 0.25) is 0 Å². The highest BCUT2D eigenvalue weighted by molar-refractivity contribution is 7.09. The molecular weight excluding hydrogens is 302 g/mol. The van der Waals surface area contributed by atoms with E-state index >= 15 is 0 Å². The molecule has 22 heavy (non-hydrogen) atoms. The van der Waals surface area contributed by atoms with E-state index in [9.17, 15) is 9.90 Å². The van der Waals surface area contributed by atoms with E-state index in [1.165, 1.54) is 11.5 Å². The lowest BCUT2D eigenvalue weighted by Crippen LogP contribution is -2.23. The Balaban J connectivity index is 1.85. The number of nitrogens with zero attached hydrogens (tertiary/aromatic N) is 5. The molecule has 0 amide bonds. The number of anilines is 2. The summed E-state index contributed by atoms with van der Waals surface area (Å²) in [6.07, 6.45) is 3.44. The van der Waals surface area contributed by atoms with Gasteiger partial charge in [0.25, 0.3) is 0 Å². The first-order valence-electron chi connectivity index (χ1n) is 6.95. The van der Waals surface area contributed by atoms with E-state index in [2.05, 4.69) is 14.3 Å². The first-order chi connectivity index (χ1) is 10.6. The minimum absolute atomic E-state index is 0.0853. The molecule has 3 rings (SSSR count). The molecule has 1 aliphatic heterocycles. The summed E-state index contributed by atoms with van der Waals surface area (Å²) in [5.74, 6) is -0.681. The highest BCUT2D eigenvalue weighted by atomic mass is 32.1. The Morgan fingerprint density at radius 3 is 2.86 bits per heavy atom. The average molecular weight is 319 g/mol. The highest BCUT2D eigenvalue weighted by Crippen LogP contribution is 2.36. The zero-order valence-electron chi connectivity index (χ0n) is 12.4. The molecule has 0 aromatic carbocycles. The van der Waals surface area contributed by atoms with E-state index in [4.69, 9.17) is 0 Å². The molecule has 1 fully saturated rings. The summed E-state index contributed by atoms with van der Waals surface area (Å²) in [7, 11) is 3.77. The van der Waals surface area contributed by atoms with Gasteiger partial charge in [-0.1, -0.05) is 6.07 Å². The maximum Gasteiger partial charge on any atom is 0.308 e. The molecule has 116 valence electrons. The third-order valence-corrected chi connectivity index (χ3v) is 4.59. The van der Waals surface area contributed by atoms with Crippen molar-refractivity contribution >= 4 is 28.6 Å². The minimum Gasteiger partial charge on any atom is -0.481 e. The number of carbonyl (C=O) groups is 1. The molecule has 1 aliphatic rings. The third-order valence-electron chi connectivity index (χ3n) is 3.82. The molecule has 1 saturated heterocycles. The normalized spacial score (nSPS) is 21.1. The van der Waals surface area contributed by atoms with Crippen molar-refractivity contribution in [2.24, 2.45) is 5.92 Å². The third kappa shape index (κ3) is 2.74. The fourth-order valence-corrected chi connectivity index (χ4v) is 3.42. The van der Waals surface area contributed by atoms with E-state index < -0.39 is 11.9 Å². The van der Waals surface area contributed by atoms with Crippen molar-refractivity contribution in [2.75, 3.05) is 37.0 Å². The number of carboxylic acid groups (broad SMARTS) is 1. The number of aliphatic carboxylic acids is 1. The van der Waals surface area contributed by atoms with Gasteiger partial charge in [-0.25, -0.2) is 0 Å². The van der Waals surface area contributed by atoms with Crippen molar-refractivity contribution in [1.29, 1.82) is 0 Å². The van der Waals surface area contributed by atoms with Crippen LogP contribution in [0.3, 0.4) is 0 Å². The molecule has 0 spiro atoms. The van der Waals surface area contributed by atoms with Crippen LogP contribution in [0.1, 0.15) is 11.5 Å². The quantitative estimate of drug-likeness (QED) is 0.909. The fourth-order valence-electron chi connectivity index (χ4n) is 2.66. The number of aromatic nitrogens is 3. The zero-order chi connectivity index (χ0) is 15.7. The maximum absolute atomic E-state index is 11.6. The largest absolute Gasteiger partial charge is 0.481 e. The van der Waals surface area contributed by atoms with Crippen LogP contribution in [0.5, 0.6) is 0 Å². The average Bonchev–Trinajstić information content (AvgIpc) is 3.15. The first-order valence-corrected chi connectivity index (χ1v) is 7.72. The van der Waals surface area contributed by atoms with Gasteiger partial charge >= 0.3 is 5.97 Å². The van der Waals surface area contributed by atoms with Crippen LogP contribution in [0, 0.1) is 5.92 Å². The predicted octanol–water partition coefficient (Wildman–Crippen LogP) is 1.30. The van der Waals surface area contributed by atoms with Crippen molar-refractivity contribution in [2.45, 2.75) is 5.92 Å². The van der Waals surface area contributed by atoms with Crippen molar-refractivity contribution in [1.82, 2.24) is 14.3 Å². The smallest absolute Gasteiger partial charge is 0.308 e. The summed E-state index contributed by atoms with van der Waals surface area (Å²) in [6.45, 7) is 1.06. The number of rotatable bonds is 4. The fraction of sp³-hybridized carbons (Fsp3) is 0.429. The molecule has 7 nitrogen and oxygen atoms in total. The predicted molar refractivity (Wildman–Crippen MR) is 84.6 cm³/mol. The number of pyridine rings is 1. The molecule has 1 N–H and O–H groups in total. The number of carboxylic acids is 1. The number of hydrogen-bond acceptors (Lipinski definition) is 7. The minimum atomic E-state index is -0.784. The van der Waals surface area contributed by atoms with Gasteiger partial charge in [-0.05, 0) is 11.6 Å². The Bertz CT molecular complexity index is 660. The van der Waals surface area contributed by atoms with Crippen molar-refractivity contribution < 1.29 is 9.90 Å². The van der Waals surface area contributed by atoms with Crippen LogP contribution >= 0.6 is 11.5 Å². The lowest BCUT2D eigenvalue weighted by Gasteiger charge is -2.14. The Labute approximate surface area is 132 Å². The monoisotopic (exact) mass is 319 g/mol. The Morgan fingerprint density at radius 1 is 1.45 bits per heavy atom. The zero-order valence-corrected chi connectivity index (χ0v) is 13.2. The van der Waals surface area contributed by atoms with Crippen LogP contribution < -0.4 is 9.80 Å². The summed E-state index contributed by atoms with van der Waals surface area (Å²) >= 11 is 1.30. The van der Waals surface area contributed by atoms with E-state index in [0.29, 0.717) is 19.0 Å².